The summed E-state index contributed by atoms with van der Waals surface area (Å²) in [5.74, 6) is 0. The molecule has 0 radical (unpaired) electrons. The molecule has 0 fully saturated rings. The van der Waals surface area contributed by atoms with Crippen LogP contribution in [0.1, 0.15) is 45.2 Å². The van der Waals surface area contributed by atoms with Gasteiger partial charge in [-0.05, 0) is 37.5 Å². The quantitative estimate of drug-likeness (QED) is 0.755. The Hall–Kier alpha value is -1.26. The average Bonchev–Trinajstić information content (AvgIpc) is 2.44. The van der Waals surface area contributed by atoms with E-state index in [0.717, 1.165) is 5.56 Å². The number of urea groups is 1. The van der Waals surface area contributed by atoms with Crippen LogP contribution in [0.25, 0.3) is 0 Å². The zero-order valence-electron chi connectivity index (χ0n) is 12.2. The largest absolute Gasteiger partial charge is 0.388 e. The fourth-order valence-corrected chi connectivity index (χ4v) is 2.05. The second kappa shape index (κ2) is 7.50. The van der Waals surface area contributed by atoms with Crippen LogP contribution in [-0.2, 0) is 0 Å². The number of rotatable bonds is 6. The lowest BCUT2D eigenvalue weighted by Crippen LogP contribution is -2.46. The minimum absolute atomic E-state index is 0.148. The van der Waals surface area contributed by atoms with Crippen LogP contribution in [-0.4, -0.2) is 23.3 Å². The summed E-state index contributed by atoms with van der Waals surface area (Å²) in [7, 11) is 0. The van der Waals surface area contributed by atoms with Gasteiger partial charge in [0.2, 0.25) is 0 Å². The lowest BCUT2D eigenvalue weighted by Gasteiger charge is -2.26. The smallest absolute Gasteiger partial charge is 0.315 e. The number of hydrogen-bond acceptors (Lipinski definition) is 2. The van der Waals surface area contributed by atoms with Crippen LogP contribution in [0.2, 0.25) is 5.02 Å². The van der Waals surface area contributed by atoms with Crippen LogP contribution < -0.4 is 10.6 Å². The number of nitrogens with one attached hydrogen (secondary N) is 2. The summed E-state index contributed by atoms with van der Waals surface area (Å²) in [6, 6.07) is 6.93. The predicted molar refractivity (Wildman–Crippen MR) is 81.9 cm³/mol. The maximum absolute atomic E-state index is 11.8. The fourth-order valence-electron chi connectivity index (χ4n) is 1.85. The molecular weight excluding hydrogens is 276 g/mol. The molecule has 0 saturated heterocycles. The van der Waals surface area contributed by atoms with Gasteiger partial charge in [-0.25, -0.2) is 4.79 Å². The first-order chi connectivity index (χ1) is 9.40. The third-order valence-electron chi connectivity index (χ3n) is 3.59. The predicted octanol–water partition coefficient (Wildman–Crippen LogP) is 3.25. The first-order valence-corrected chi connectivity index (χ1v) is 7.30. The Labute approximate surface area is 125 Å². The molecule has 0 heterocycles. The highest BCUT2D eigenvalue weighted by Crippen LogP contribution is 2.17. The van der Waals surface area contributed by atoms with E-state index in [-0.39, 0.29) is 18.6 Å². The van der Waals surface area contributed by atoms with E-state index >= 15 is 0 Å². The van der Waals surface area contributed by atoms with Crippen LogP contribution in [0.5, 0.6) is 0 Å². The Kier molecular flexibility index (Phi) is 6.30. The van der Waals surface area contributed by atoms with Crippen molar-refractivity contribution in [1.29, 1.82) is 0 Å². The fraction of sp³-hybridized carbons (Fsp3) is 0.533. The molecule has 0 aliphatic carbocycles. The van der Waals surface area contributed by atoms with Crippen LogP contribution in [0.4, 0.5) is 4.79 Å². The van der Waals surface area contributed by atoms with Gasteiger partial charge in [0.15, 0.2) is 0 Å². The molecule has 1 rings (SSSR count). The minimum Gasteiger partial charge on any atom is -0.388 e. The van der Waals surface area contributed by atoms with Crippen molar-refractivity contribution in [2.75, 3.05) is 6.54 Å². The average molecular weight is 299 g/mol. The maximum atomic E-state index is 11.8. The molecule has 1 atom stereocenters. The molecule has 5 heteroatoms. The highest BCUT2D eigenvalue weighted by atomic mass is 35.5. The van der Waals surface area contributed by atoms with Crippen molar-refractivity contribution in [3.05, 3.63) is 34.9 Å². The molecule has 0 aromatic heterocycles. The second-order valence-corrected chi connectivity index (χ2v) is 5.47. The van der Waals surface area contributed by atoms with Gasteiger partial charge in [0.25, 0.3) is 0 Å². The number of aliphatic hydroxyl groups is 1. The SMILES string of the molecule is CCC(O)(CC)CNC(=O)NC(C)c1cccc(Cl)c1. The van der Waals surface area contributed by atoms with E-state index in [1.165, 1.54) is 0 Å². The van der Waals surface area contributed by atoms with Gasteiger partial charge in [-0.15, -0.1) is 0 Å². The third-order valence-corrected chi connectivity index (χ3v) is 3.83. The molecule has 2 amide bonds. The van der Waals surface area contributed by atoms with Crippen molar-refractivity contribution >= 4 is 17.6 Å². The Morgan fingerprint density at radius 2 is 2.05 bits per heavy atom. The molecule has 1 unspecified atom stereocenters. The molecule has 0 spiro atoms. The lowest BCUT2D eigenvalue weighted by molar-refractivity contribution is 0.0349. The van der Waals surface area contributed by atoms with Gasteiger partial charge in [-0.3, -0.25) is 0 Å². The number of hydrogen-bond donors (Lipinski definition) is 3. The Bertz CT molecular complexity index is 447. The number of halogens is 1. The maximum Gasteiger partial charge on any atom is 0.315 e. The van der Waals surface area contributed by atoms with Gasteiger partial charge in [-0.1, -0.05) is 37.6 Å². The summed E-state index contributed by atoms with van der Waals surface area (Å²) in [5.41, 5.74) is 0.102. The van der Waals surface area contributed by atoms with E-state index in [9.17, 15) is 9.90 Å². The van der Waals surface area contributed by atoms with E-state index in [1.807, 2.05) is 39.0 Å². The summed E-state index contributed by atoms with van der Waals surface area (Å²) in [4.78, 5) is 11.8. The Morgan fingerprint density at radius 1 is 1.40 bits per heavy atom. The first-order valence-electron chi connectivity index (χ1n) is 6.92. The summed E-state index contributed by atoms with van der Waals surface area (Å²) in [6.07, 6.45) is 1.21. The highest BCUT2D eigenvalue weighted by Gasteiger charge is 2.23. The van der Waals surface area contributed by atoms with Gasteiger partial charge >= 0.3 is 6.03 Å². The van der Waals surface area contributed by atoms with Crippen molar-refractivity contribution in [2.45, 2.75) is 45.3 Å². The molecule has 0 saturated carbocycles. The zero-order valence-corrected chi connectivity index (χ0v) is 13.0. The minimum atomic E-state index is -0.837. The second-order valence-electron chi connectivity index (χ2n) is 5.04. The number of carbonyl (C=O) groups is 1. The molecule has 1 aromatic carbocycles. The van der Waals surface area contributed by atoms with Crippen molar-refractivity contribution in [2.24, 2.45) is 0 Å². The lowest BCUT2D eigenvalue weighted by atomic mass is 9.98. The number of carbonyl (C=O) groups excluding carboxylic acids is 1. The van der Waals surface area contributed by atoms with E-state index < -0.39 is 5.60 Å². The van der Waals surface area contributed by atoms with Crippen LogP contribution >= 0.6 is 11.6 Å². The molecule has 1 aromatic rings. The number of amides is 2. The molecule has 0 aliphatic rings. The van der Waals surface area contributed by atoms with Crippen LogP contribution in [0.3, 0.4) is 0 Å². The monoisotopic (exact) mass is 298 g/mol. The van der Waals surface area contributed by atoms with E-state index in [0.29, 0.717) is 17.9 Å². The van der Waals surface area contributed by atoms with E-state index in [1.54, 1.807) is 6.07 Å². The van der Waals surface area contributed by atoms with Crippen molar-refractivity contribution in [3.8, 4) is 0 Å². The molecule has 20 heavy (non-hydrogen) atoms. The molecule has 0 aliphatic heterocycles. The highest BCUT2D eigenvalue weighted by molar-refractivity contribution is 6.30. The third kappa shape index (κ3) is 5.02. The normalized spacial score (nSPS) is 12.8. The first kappa shape index (κ1) is 16.8. The zero-order chi connectivity index (χ0) is 15.2. The molecule has 0 bridgehead atoms. The molecule has 112 valence electrons. The van der Waals surface area contributed by atoms with Crippen LogP contribution in [0, 0.1) is 0 Å². The van der Waals surface area contributed by atoms with Crippen molar-refractivity contribution < 1.29 is 9.90 Å². The van der Waals surface area contributed by atoms with Crippen molar-refractivity contribution in [1.82, 2.24) is 10.6 Å². The topological polar surface area (TPSA) is 61.4 Å². The Balaban J connectivity index is 2.50. The molecular formula is C15H23ClN2O2. The summed E-state index contributed by atoms with van der Waals surface area (Å²) < 4.78 is 0. The summed E-state index contributed by atoms with van der Waals surface area (Å²) in [6.45, 7) is 5.93. The van der Waals surface area contributed by atoms with E-state index in [4.69, 9.17) is 11.6 Å². The summed E-state index contributed by atoms with van der Waals surface area (Å²) >= 11 is 5.92. The Morgan fingerprint density at radius 3 is 2.60 bits per heavy atom. The van der Waals surface area contributed by atoms with Crippen molar-refractivity contribution in [3.63, 3.8) is 0 Å². The summed E-state index contributed by atoms with van der Waals surface area (Å²) in [5, 5.41) is 16.3. The van der Waals surface area contributed by atoms with Gasteiger partial charge in [0, 0.05) is 11.6 Å². The molecule has 4 nitrogen and oxygen atoms in total. The van der Waals surface area contributed by atoms with Gasteiger partial charge < -0.3 is 15.7 Å². The van der Waals surface area contributed by atoms with Gasteiger partial charge in [0.1, 0.15) is 0 Å². The van der Waals surface area contributed by atoms with Crippen LogP contribution in [0.15, 0.2) is 24.3 Å². The van der Waals surface area contributed by atoms with E-state index in [2.05, 4.69) is 10.6 Å². The number of benzene rings is 1. The van der Waals surface area contributed by atoms with Gasteiger partial charge in [-0.2, -0.15) is 0 Å². The van der Waals surface area contributed by atoms with Gasteiger partial charge in [0.05, 0.1) is 11.6 Å². The molecule has 3 N–H and O–H groups in total. The standard InChI is InChI=1S/C15H23ClN2O2/c1-4-15(20,5-2)10-17-14(19)18-11(3)12-7-6-8-13(16)9-12/h6-9,11,20H,4-5,10H2,1-3H3,(H2,17,18,19).